The summed E-state index contributed by atoms with van der Waals surface area (Å²) in [5, 5.41) is 6.93. The first-order valence-electron chi connectivity index (χ1n) is 7.55. The van der Waals surface area contributed by atoms with Gasteiger partial charge in [0.25, 0.3) is 17.6 Å². The molecule has 0 atom stereocenters. The topological polar surface area (TPSA) is 72.2 Å². The zero-order chi connectivity index (χ0) is 17.2. The van der Waals surface area contributed by atoms with Crippen LogP contribution in [0.1, 0.15) is 10.4 Å². The van der Waals surface area contributed by atoms with Gasteiger partial charge in [-0.25, -0.2) is 9.50 Å². The Morgan fingerprint density at radius 3 is 2.64 bits per heavy atom. The summed E-state index contributed by atoms with van der Waals surface area (Å²) in [5.41, 5.74) is 2.31. The number of rotatable bonds is 3. The predicted octanol–water partition coefficient (Wildman–Crippen LogP) is 3.81. The molecule has 2 heterocycles. The van der Waals surface area contributed by atoms with Gasteiger partial charge in [0.1, 0.15) is 0 Å². The number of aromatic nitrogens is 4. The molecule has 0 bridgehead atoms. The Labute approximate surface area is 151 Å². The third-order valence-corrected chi connectivity index (χ3v) is 4.08. The number of nitrogens with one attached hydrogen (secondary N) is 1. The summed E-state index contributed by atoms with van der Waals surface area (Å²) in [5.74, 6) is 0.356. The summed E-state index contributed by atoms with van der Waals surface area (Å²) < 4.78 is 2.36. The van der Waals surface area contributed by atoms with Crippen molar-refractivity contribution >= 4 is 33.6 Å². The van der Waals surface area contributed by atoms with Crippen molar-refractivity contribution in [2.45, 2.75) is 0 Å². The van der Waals surface area contributed by atoms with Crippen molar-refractivity contribution in [1.29, 1.82) is 0 Å². The molecule has 1 amide bonds. The van der Waals surface area contributed by atoms with Crippen molar-refractivity contribution in [3.63, 3.8) is 0 Å². The fourth-order valence-corrected chi connectivity index (χ4v) is 2.80. The lowest BCUT2D eigenvalue weighted by Crippen LogP contribution is -2.13. The van der Waals surface area contributed by atoms with E-state index in [2.05, 4.69) is 36.3 Å². The smallest absolute Gasteiger partial charge is 0.258 e. The quantitative estimate of drug-likeness (QED) is 0.574. The van der Waals surface area contributed by atoms with E-state index in [0.717, 1.165) is 15.7 Å². The molecule has 0 unspecified atom stereocenters. The van der Waals surface area contributed by atoms with Crippen molar-refractivity contribution in [3.8, 4) is 11.3 Å². The number of benzene rings is 2. The van der Waals surface area contributed by atoms with Crippen LogP contribution < -0.4 is 5.32 Å². The summed E-state index contributed by atoms with van der Waals surface area (Å²) in [6.07, 6.45) is 1.77. The molecule has 0 fully saturated rings. The Bertz CT molecular complexity index is 1060. The Morgan fingerprint density at radius 2 is 1.84 bits per heavy atom. The Hall–Kier alpha value is -3.06. The first kappa shape index (κ1) is 15.5. The highest BCUT2D eigenvalue weighted by molar-refractivity contribution is 9.10. The van der Waals surface area contributed by atoms with Crippen LogP contribution >= 0.6 is 15.9 Å². The Morgan fingerprint density at radius 1 is 1.00 bits per heavy atom. The van der Waals surface area contributed by atoms with Crippen LogP contribution in [0.2, 0.25) is 0 Å². The van der Waals surface area contributed by atoms with E-state index < -0.39 is 0 Å². The second-order valence-corrected chi connectivity index (χ2v) is 6.24. The number of carbonyl (C=O) groups excluding carboxylic acids is 1. The van der Waals surface area contributed by atoms with E-state index in [1.165, 1.54) is 4.52 Å². The average Bonchev–Trinajstić information content (AvgIpc) is 3.03. The van der Waals surface area contributed by atoms with Crippen LogP contribution in [0.4, 0.5) is 5.95 Å². The lowest BCUT2D eigenvalue weighted by atomic mass is 10.1. The maximum absolute atomic E-state index is 12.3. The number of hydrogen-bond acceptors (Lipinski definition) is 4. The first-order chi connectivity index (χ1) is 12.2. The molecule has 122 valence electrons. The molecule has 2 aromatic carbocycles. The van der Waals surface area contributed by atoms with Crippen LogP contribution in [0.25, 0.3) is 17.0 Å². The lowest BCUT2D eigenvalue weighted by molar-refractivity contribution is 0.102. The van der Waals surface area contributed by atoms with Crippen molar-refractivity contribution in [2.24, 2.45) is 0 Å². The SMILES string of the molecule is O=C(Nc1nc2nc(-c3ccccc3)ccn2n1)c1cccc(Br)c1. The van der Waals surface area contributed by atoms with E-state index in [-0.39, 0.29) is 11.9 Å². The Kier molecular flexibility index (Phi) is 3.99. The highest BCUT2D eigenvalue weighted by Gasteiger charge is 2.11. The van der Waals surface area contributed by atoms with Crippen molar-refractivity contribution < 1.29 is 4.79 Å². The monoisotopic (exact) mass is 393 g/mol. The fourth-order valence-electron chi connectivity index (χ4n) is 2.40. The van der Waals surface area contributed by atoms with Gasteiger partial charge in [-0.15, -0.1) is 5.10 Å². The number of nitrogens with zero attached hydrogens (tertiary/aromatic N) is 4. The van der Waals surface area contributed by atoms with Crippen LogP contribution in [0.15, 0.2) is 71.3 Å². The van der Waals surface area contributed by atoms with Crippen LogP contribution in [-0.4, -0.2) is 25.5 Å². The van der Waals surface area contributed by atoms with Gasteiger partial charge < -0.3 is 0 Å². The molecule has 0 aliphatic rings. The molecule has 0 aliphatic heterocycles. The maximum atomic E-state index is 12.3. The maximum Gasteiger partial charge on any atom is 0.258 e. The zero-order valence-electron chi connectivity index (χ0n) is 12.9. The van der Waals surface area contributed by atoms with Gasteiger partial charge in [0, 0.05) is 21.8 Å². The van der Waals surface area contributed by atoms with Crippen molar-refractivity contribution in [1.82, 2.24) is 19.6 Å². The zero-order valence-corrected chi connectivity index (χ0v) is 14.5. The van der Waals surface area contributed by atoms with Gasteiger partial charge in [0.05, 0.1) is 5.69 Å². The summed E-state index contributed by atoms with van der Waals surface area (Å²) in [6, 6.07) is 18.8. The summed E-state index contributed by atoms with van der Waals surface area (Å²) in [4.78, 5) is 21.1. The molecule has 4 aromatic rings. The minimum Gasteiger partial charge on any atom is -0.289 e. The minimum absolute atomic E-state index is 0.211. The largest absolute Gasteiger partial charge is 0.289 e. The molecule has 25 heavy (non-hydrogen) atoms. The van der Waals surface area contributed by atoms with Crippen molar-refractivity contribution in [2.75, 3.05) is 5.32 Å². The van der Waals surface area contributed by atoms with Gasteiger partial charge in [0.15, 0.2) is 0 Å². The molecular formula is C18H12BrN5O. The highest BCUT2D eigenvalue weighted by atomic mass is 79.9. The third-order valence-electron chi connectivity index (χ3n) is 3.59. The number of carbonyl (C=O) groups is 1. The summed E-state index contributed by atoms with van der Waals surface area (Å²) >= 11 is 3.35. The van der Waals surface area contributed by atoms with E-state index in [0.29, 0.717) is 11.3 Å². The molecular weight excluding hydrogens is 382 g/mol. The molecule has 7 heteroatoms. The first-order valence-corrected chi connectivity index (χ1v) is 8.34. The van der Waals surface area contributed by atoms with Crippen LogP contribution in [0, 0.1) is 0 Å². The Balaban J connectivity index is 1.62. The molecule has 0 spiro atoms. The second-order valence-electron chi connectivity index (χ2n) is 5.32. The summed E-state index contributed by atoms with van der Waals surface area (Å²) in [6.45, 7) is 0. The number of hydrogen-bond donors (Lipinski definition) is 1. The lowest BCUT2D eigenvalue weighted by Gasteiger charge is -2.00. The predicted molar refractivity (Wildman–Crippen MR) is 98.3 cm³/mol. The van der Waals surface area contributed by atoms with Gasteiger partial charge in [-0.1, -0.05) is 52.3 Å². The van der Waals surface area contributed by atoms with Gasteiger partial charge in [-0.2, -0.15) is 4.98 Å². The normalized spacial score (nSPS) is 10.8. The average molecular weight is 394 g/mol. The van der Waals surface area contributed by atoms with Gasteiger partial charge >= 0.3 is 0 Å². The van der Waals surface area contributed by atoms with E-state index in [9.17, 15) is 4.79 Å². The number of amides is 1. The van der Waals surface area contributed by atoms with Gasteiger partial charge in [-0.05, 0) is 24.3 Å². The van der Waals surface area contributed by atoms with E-state index >= 15 is 0 Å². The molecule has 4 rings (SSSR count). The highest BCUT2D eigenvalue weighted by Crippen LogP contribution is 2.17. The molecule has 1 N–H and O–H groups in total. The van der Waals surface area contributed by atoms with Gasteiger partial charge in [0.2, 0.25) is 0 Å². The minimum atomic E-state index is -0.277. The molecule has 2 aromatic heterocycles. The van der Waals surface area contributed by atoms with Crippen LogP contribution in [-0.2, 0) is 0 Å². The number of anilines is 1. The standard InChI is InChI=1S/C18H12BrN5O/c19-14-8-4-7-13(11-14)16(25)21-17-22-18-20-15(9-10-24(18)23-17)12-5-2-1-3-6-12/h1-11H,(H,21,23,25). The molecule has 0 radical (unpaired) electrons. The van der Waals surface area contributed by atoms with E-state index in [1.807, 2.05) is 42.5 Å². The van der Waals surface area contributed by atoms with Crippen molar-refractivity contribution in [3.05, 3.63) is 76.9 Å². The fraction of sp³-hybridized carbons (Fsp3) is 0. The van der Waals surface area contributed by atoms with E-state index in [1.54, 1.807) is 24.4 Å². The molecule has 0 saturated heterocycles. The van der Waals surface area contributed by atoms with E-state index in [4.69, 9.17) is 0 Å². The molecule has 0 aliphatic carbocycles. The van der Waals surface area contributed by atoms with Crippen LogP contribution in [0.5, 0.6) is 0 Å². The second kappa shape index (κ2) is 6.45. The molecule has 0 saturated carbocycles. The van der Waals surface area contributed by atoms with Crippen LogP contribution in [0.3, 0.4) is 0 Å². The van der Waals surface area contributed by atoms with Gasteiger partial charge in [-0.3, -0.25) is 10.1 Å². The molecule has 6 nitrogen and oxygen atoms in total. The number of fused-ring (bicyclic) bond motifs is 1. The third kappa shape index (κ3) is 3.27. The summed E-state index contributed by atoms with van der Waals surface area (Å²) in [7, 11) is 0. The number of halogens is 1.